The maximum absolute atomic E-state index is 3.40. The second-order valence-corrected chi connectivity index (χ2v) is 4.76. The standard InChI is InChI=1S/C14H22N2/c1-3-4-9-16(2)11-12-5-6-14-13(10-12)7-8-15-14/h5-6,10,15H,3-4,7-9,11H2,1-2H3. The summed E-state index contributed by atoms with van der Waals surface area (Å²) < 4.78 is 0. The average Bonchev–Trinajstić information content (AvgIpc) is 2.73. The van der Waals surface area contributed by atoms with Crippen LogP contribution >= 0.6 is 0 Å². The largest absolute Gasteiger partial charge is 0.384 e. The van der Waals surface area contributed by atoms with Crippen molar-refractivity contribution in [3.63, 3.8) is 0 Å². The van der Waals surface area contributed by atoms with Crippen LogP contribution in [-0.4, -0.2) is 25.0 Å². The van der Waals surface area contributed by atoms with Crippen LogP contribution in [0.3, 0.4) is 0 Å². The monoisotopic (exact) mass is 218 g/mol. The van der Waals surface area contributed by atoms with Gasteiger partial charge in [0.2, 0.25) is 0 Å². The Morgan fingerprint density at radius 1 is 1.38 bits per heavy atom. The molecule has 0 fully saturated rings. The molecule has 0 amide bonds. The normalized spacial score (nSPS) is 13.9. The van der Waals surface area contributed by atoms with Crippen LogP contribution in [0.15, 0.2) is 18.2 Å². The maximum Gasteiger partial charge on any atom is 0.0373 e. The summed E-state index contributed by atoms with van der Waals surface area (Å²) in [6.07, 6.45) is 3.75. The molecule has 0 unspecified atom stereocenters. The van der Waals surface area contributed by atoms with Crippen molar-refractivity contribution in [3.05, 3.63) is 29.3 Å². The molecule has 1 heterocycles. The molecule has 1 aliphatic heterocycles. The van der Waals surface area contributed by atoms with Crippen LogP contribution in [0.2, 0.25) is 0 Å². The third-order valence-corrected chi connectivity index (χ3v) is 3.23. The molecule has 2 heteroatoms. The van der Waals surface area contributed by atoms with Crippen LogP contribution in [0.4, 0.5) is 5.69 Å². The van der Waals surface area contributed by atoms with Crippen molar-refractivity contribution in [1.82, 2.24) is 4.90 Å². The number of benzene rings is 1. The predicted molar refractivity (Wildman–Crippen MR) is 69.9 cm³/mol. The van der Waals surface area contributed by atoms with Gasteiger partial charge in [-0.15, -0.1) is 0 Å². The van der Waals surface area contributed by atoms with Gasteiger partial charge in [0.25, 0.3) is 0 Å². The zero-order valence-electron chi connectivity index (χ0n) is 10.4. The molecule has 16 heavy (non-hydrogen) atoms. The fourth-order valence-electron chi connectivity index (χ4n) is 2.28. The molecule has 2 rings (SSSR count). The van der Waals surface area contributed by atoms with Crippen LogP contribution < -0.4 is 5.32 Å². The molecular formula is C14H22N2. The van der Waals surface area contributed by atoms with E-state index in [1.54, 1.807) is 0 Å². The molecule has 0 saturated heterocycles. The topological polar surface area (TPSA) is 15.3 Å². The number of nitrogens with zero attached hydrogens (tertiary/aromatic N) is 1. The van der Waals surface area contributed by atoms with Gasteiger partial charge >= 0.3 is 0 Å². The first-order valence-corrected chi connectivity index (χ1v) is 6.34. The summed E-state index contributed by atoms with van der Waals surface area (Å²) in [5.74, 6) is 0. The van der Waals surface area contributed by atoms with Crippen LogP contribution in [0, 0.1) is 0 Å². The number of hydrogen-bond donors (Lipinski definition) is 1. The van der Waals surface area contributed by atoms with Crippen LogP contribution in [-0.2, 0) is 13.0 Å². The van der Waals surface area contributed by atoms with E-state index < -0.39 is 0 Å². The van der Waals surface area contributed by atoms with E-state index in [4.69, 9.17) is 0 Å². The first kappa shape index (κ1) is 11.5. The molecule has 1 N–H and O–H groups in total. The Hall–Kier alpha value is -1.02. The summed E-state index contributed by atoms with van der Waals surface area (Å²) in [6.45, 7) is 5.62. The molecule has 88 valence electrons. The SMILES string of the molecule is CCCCN(C)Cc1ccc2c(c1)CCN2. The minimum Gasteiger partial charge on any atom is -0.384 e. The summed E-state index contributed by atoms with van der Waals surface area (Å²) in [6, 6.07) is 6.84. The molecule has 0 aliphatic carbocycles. The molecule has 0 bridgehead atoms. The number of rotatable bonds is 5. The summed E-state index contributed by atoms with van der Waals surface area (Å²) in [5.41, 5.74) is 4.27. The first-order valence-electron chi connectivity index (χ1n) is 6.34. The molecule has 0 radical (unpaired) electrons. The Balaban J connectivity index is 1.94. The highest BCUT2D eigenvalue weighted by Crippen LogP contribution is 2.23. The van der Waals surface area contributed by atoms with E-state index in [0.29, 0.717) is 0 Å². The highest BCUT2D eigenvalue weighted by atomic mass is 15.1. The molecule has 0 atom stereocenters. The fourth-order valence-corrected chi connectivity index (χ4v) is 2.28. The number of hydrogen-bond acceptors (Lipinski definition) is 2. The third kappa shape index (κ3) is 2.76. The zero-order valence-corrected chi connectivity index (χ0v) is 10.4. The lowest BCUT2D eigenvalue weighted by atomic mass is 10.1. The molecule has 0 saturated carbocycles. The van der Waals surface area contributed by atoms with E-state index in [1.165, 1.54) is 42.6 Å². The molecular weight excluding hydrogens is 196 g/mol. The number of unbranched alkanes of at least 4 members (excludes halogenated alkanes) is 1. The third-order valence-electron chi connectivity index (χ3n) is 3.23. The Bertz CT molecular complexity index is 347. The second kappa shape index (κ2) is 5.35. The fraction of sp³-hybridized carbons (Fsp3) is 0.571. The summed E-state index contributed by atoms with van der Waals surface area (Å²) >= 11 is 0. The van der Waals surface area contributed by atoms with Gasteiger partial charge in [0.05, 0.1) is 0 Å². The van der Waals surface area contributed by atoms with Crippen LogP contribution in [0.5, 0.6) is 0 Å². The van der Waals surface area contributed by atoms with Gasteiger partial charge in [0, 0.05) is 18.8 Å². The Labute approximate surface area is 98.7 Å². The molecule has 1 aliphatic rings. The van der Waals surface area contributed by atoms with E-state index in [0.717, 1.165) is 13.1 Å². The van der Waals surface area contributed by atoms with Crippen molar-refractivity contribution < 1.29 is 0 Å². The van der Waals surface area contributed by atoms with Gasteiger partial charge in [0.1, 0.15) is 0 Å². The summed E-state index contributed by atoms with van der Waals surface area (Å²) in [4.78, 5) is 2.41. The average molecular weight is 218 g/mol. The lowest BCUT2D eigenvalue weighted by Crippen LogP contribution is -2.18. The highest BCUT2D eigenvalue weighted by Gasteiger charge is 2.10. The van der Waals surface area contributed by atoms with Gasteiger partial charge in [-0.05, 0) is 43.6 Å². The molecule has 1 aromatic carbocycles. The van der Waals surface area contributed by atoms with Crippen molar-refractivity contribution in [1.29, 1.82) is 0 Å². The first-order chi connectivity index (χ1) is 7.79. The predicted octanol–water partition coefficient (Wildman–Crippen LogP) is 2.89. The Morgan fingerprint density at radius 2 is 2.25 bits per heavy atom. The van der Waals surface area contributed by atoms with Gasteiger partial charge in [-0.25, -0.2) is 0 Å². The van der Waals surface area contributed by atoms with Crippen molar-refractivity contribution in [2.75, 3.05) is 25.5 Å². The van der Waals surface area contributed by atoms with Crippen molar-refractivity contribution >= 4 is 5.69 Å². The van der Waals surface area contributed by atoms with Gasteiger partial charge in [-0.3, -0.25) is 0 Å². The Kier molecular flexibility index (Phi) is 3.83. The van der Waals surface area contributed by atoms with Gasteiger partial charge in [-0.2, -0.15) is 0 Å². The van der Waals surface area contributed by atoms with E-state index in [-0.39, 0.29) is 0 Å². The molecule has 2 nitrogen and oxygen atoms in total. The minimum atomic E-state index is 1.08. The van der Waals surface area contributed by atoms with Gasteiger partial charge in [0.15, 0.2) is 0 Å². The van der Waals surface area contributed by atoms with E-state index in [2.05, 4.69) is 42.4 Å². The zero-order chi connectivity index (χ0) is 11.4. The van der Waals surface area contributed by atoms with E-state index >= 15 is 0 Å². The van der Waals surface area contributed by atoms with Gasteiger partial charge < -0.3 is 10.2 Å². The van der Waals surface area contributed by atoms with Gasteiger partial charge in [-0.1, -0.05) is 25.5 Å². The maximum atomic E-state index is 3.40. The van der Waals surface area contributed by atoms with Crippen molar-refractivity contribution in [2.45, 2.75) is 32.7 Å². The lowest BCUT2D eigenvalue weighted by Gasteiger charge is -2.16. The molecule has 0 spiro atoms. The molecule has 1 aromatic rings. The van der Waals surface area contributed by atoms with Crippen molar-refractivity contribution in [2.24, 2.45) is 0 Å². The minimum absolute atomic E-state index is 1.08. The quantitative estimate of drug-likeness (QED) is 0.817. The summed E-state index contributed by atoms with van der Waals surface area (Å²) in [7, 11) is 2.21. The number of anilines is 1. The lowest BCUT2D eigenvalue weighted by molar-refractivity contribution is 0.321. The van der Waals surface area contributed by atoms with E-state index in [1.807, 2.05) is 0 Å². The van der Waals surface area contributed by atoms with Crippen molar-refractivity contribution in [3.8, 4) is 0 Å². The smallest absolute Gasteiger partial charge is 0.0373 e. The van der Waals surface area contributed by atoms with Crippen LogP contribution in [0.25, 0.3) is 0 Å². The Morgan fingerprint density at radius 3 is 3.06 bits per heavy atom. The number of nitrogens with one attached hydrogen (secondary N) is 1. The number of fused-ring (bicyclic) bond motifs is 1. The van der Waals surface area contributed by atoms with E-state index in [9.17, 15) is 0 Å². The van der Waals surface area contributed by atoms with Crippen LogP contribution in [0.1, 0.15) is 30.9 Å². The highest BCUT2D eigenvalue weighted by molar-refractivity contribution is 5.56. The molecule has 0 aromatic heterocycles. The second-order valence-electron chi connectivity index (χ2n) is 4.76. The summed E-state index contributed by atoms with van der Waals surface area (Å²) in [5, 5.41) is 3.40.